The minimum atomic E-state index is 0.716. The van der Waals surface area contributed by atoms with Gasteiger partial charge in [-0.2, -0.15) is 0 Å². The number of aryl methyl sites for hydroxylation is 1. The minimum Gasteiger partial charge on any atom is -0.340 e. The van der Waals surface area contributed by atoms with Crippen LogP contribution >= 0.6 is 15.9 Å². The third-order valence-electron chi connectivity index (χ3n) is 4.31. The molecule has 26 heavy (non-hydrogen) atoms. The van der Waals surface area contributed by atoms with E-state index >= 15 is 0 Å². The van der Waals surface area contributed by atoms with Gasteiger partial charge in [-0.1, -0.05) is 65.3 Å². The molecular formula is C22H18BrN3. The Kier molecular flexibility index (Phi) is 4.67. The summed E-state index contributed by atoms with van der Waals surface area (Å²) in [6, 6.07) is 24.6. The highest BCUT2D eigenvalue weighted by Gasteiger charge is 2.10. The molecule has 3 nitrogen and oxygen atoms in total. The smallest absolute Gasteiger partial charge is 0.162 e. The topological polar surface area (TPSA) is 37.8 Å². The van der Waals surface area contributed by atoms with Gasteiger partial charge in [0.1, 0.15) is 5.82 Å². The van der Waals surface area contributed by atoms with Crippen LogP contribution in [0.15, 0.2) is 77.3 Å². The third-order valence-corrected chi connectivity index (χ3v) is 4.81. The molecule has 0 aliphatic carbocycles. The minimum absolute atomic E-state index is 0.716. The molecule has 0 fully saturated rings. The molecule has 0 atom stereocenters. The number of benzene rings is 3. The summed E-state index contributed by atoms with van der Waals surface area (Å²) in [5.41, 5.74) is 4.24. The van der Waals surface area contributed by atoms with Crippen LogP contribution in [0.3, 0.4) is 0 Å². The van der Waals surface area contributed by atoms with E-state index < -0.39 is 0 Å². The molecule has 0 spiro atoms. The highest BCUT2D eigenvalue weighted by atomic mass is 79.9. The zero-order chi connectivity index (χ0) is 17.9. The van der Waals surface area contributed by atoms with E-state index in [0.717, 1.165) is 38.9 Å². The van der Waals surface area contributed by atoms with Gasteiger partial charge in [0.2, 0.25) is 0 Å². The van der Waals surface area contributed by atoms with Crippen LogP contribution in [0.5, 0.6) is 0 Å². The van der Waals surface area contributed by atoms with Crippen LogP contribution in [0.4, 0.5) is 11.5 Å². The van der Waals surface area contributed by atoms with Gasteiger partial charge in [-0.25, -0.2) is 9.97 Å². The van der Waals surface area contributed by atoms with Gasteiger partial charge in [-0.15, -0.1) is 0 Å². The average molecular weight is 404 g/mol. The van der Waals surface area contributed by atoms with Crippen LogP contribution in [-0.2, 0) is 6.42 Å². The molecule has 3 aromatic carbocycles. The summed E-state index contributed by atoms with van der Waals surface area (Å²) in [5, 5.41) is 4.45. The number of nitrogens with zero attached hydrogens (tertiary/aromatic N) is 2. The molecular weight excluding hydrogens is 386 g/mol. The van der Waals surface area contributed by atoms with Crippen molar-refractivity contribution < 1.29 is 0 Å². The lowest BCUT2D eigenvalue weighted by atomic mass is 10.1. The van der Waals surface area contributed by atoms with E-state index in [0.29, 0.717) is 5.82 Å². The first-order valence-corrected chi connectivity index (χ1v) is 9.41. The molecule has 0 amide bonds. The number of hydrogen-bond donors (Lipinski definition) is 1. The molecule has 0 radical (unpaired) electrons. The monoisotopic (exact) mass is 403 g/mol. The van der Waals surface area contributed by atoms with Crippen LogP contribution in [0, 0.1) is 0 Å². The van der Waals surface area contributed by atoms with E-state index in [-0.39, 0.29) is 0 Å². The van der Waals surface area contributed by atoms with Crippen molar-refractivity contribution in [1.29, 1.82) is 0 Å². The standard InChI is InChI=1S/C22H18BrN3/c1-2-15-8-11-18(12-9-15)24-22-19-14-17(23)10-13-20(19)25-21(26-22)16-6-4-3-5-7-16/h3-14H,2H2,1H3,(H,24,25,26). The van der Waals surface area contributed by atoms with E-state index in [1.54, 1.807) is 0 Å². The van der Waals surface area contributed by atoms with Crippen molar-refractivity contribution in [3.8, 4) is 11.4 Å². The third kappa shape index (κ3) is 3.46. The number of anilines is 2. The van der Waals surface area contributed by atoms with Crippen molar-refractivity contribution in [2.75, 3.05) is 5.32 Å². The molecule has 0 saturated heterocycles. The van der Waals surface area contributed by atoms with Gasteiger partial charge in [-0.3, -0.25) is 0 Å². The Morgan fingerprint density at radius 3 is 2.38 bits per heavy atom. The fraction of sp³-hybridized carbons (Fsp3) is 0.0909. The van der Waals surface area contributed by atoms with Gasteiger partial charge in [0.15, 0.2) is 5.82 Å². The molecule has 128 valence electrons. The second-order valence-electron chi connectivity index (χ2n) is 6.10. The van der Waals surface area contributed by atoms with E-state index in [9.17, 15) is 0 Å². The number of rotatable bonds is 4. The quantitative estimate of drug-likeness (QED) is 0.430. The Morgan fingerprint density at radius 1 is 0.885 bits per heavy atom. The molecule has 4 aromatic rings. The molecule has 1 heterocycles. The summed E-state index contributed by atoms with van der Waals surface area (Å²) in [6.45, 7) is 2.16. The lowest BCUT2D eigenvalue weighted by Crippen LogP contribution is -1.99. The summed E-state index contributed by atoms with van der Waals surface area (Å²) in [5.74, 6) is 1.52. The van der Waals surface area contributed by atoms with E-state index in [2.05, 4.69) is 52.4 Å². The first-order valence-electron chi connectivity index (χ1n) is 8.61. The molecule has 4 rings (SSSR count). The predicted molar refractivity (Wildman–Crippen MR) is 112 cm³/mol. The molecule has 0 saturated carbocycles. The Balaban J connectivity index is 1.83. The van der Waals surface area contributed by atoms with E-state index in [1.165, 1.54) is 5.56 Å². The van der Waals surface area contributed by atoms with Crippen LogP contribution in [0.25, 0.3) is 22.3 Å². The summed E-state index contributed by atoms with van der Waals surface area (Å²) in [7, 11) is 0. The van der Waals surface area contributed by atoms with Crippen molar-refractivity contribution in [2.45, 2.75) is 13.3 Å². The maximum Gasteiger partial charge on any atom is 0.162 e. The van der Waals surface area contributed by atoms with Gasteiger partial charge in [0.25, 0.3) is 0 Å². The fourth-order valence-electron chi connectivity index (χ4n) is 2.87. The van der Waals surface area contributed by atoms with Crippen molar-refractivity contribution in [2.24, 2.45) is 0 Å². The second-order valence-corrected chi connectivity index (χ2v) is 7.01. The Bertz CT molecular complexity index is 1040. The maximum absolute atomic E-state index is 4.81. The molecule has 0 aliphatic heterocycles. The summed E-state index contributed by atoms with van der Waals surface area (Å²) in [4.78, 5) is 9.55. The van der Waals surface area contributed by atoms with Crippen molar-refractivity contribution in [3.63, 3.8) is 0 Å². The maximum atomic E-state index is 4.81. The summed E-state index contributed by atoms with van der Waals surface area (Å²) < 4.78 is 1.01. The normalized spacial score (nSPS) is 10.8. The molecule has 1 N–H and O–H groups in total. The molecule has 0 bridgehead atoms. The first-order chi connectivity index (χ1) is 12.7. The van der Waals surface area contributed by atoms with Crippen LogP contribution < -0.4 is 5.32 Å². The van der Waals surface area contributed by atoms with Gasteiger partial charge < -0.3 is 5.32 Å². The Labute approximate surface area is 161 Å². The second kappa shape index (κ2) is 7.26. The fourth-order valence-corrected chi connectivity index (χ4v) is 3.23. The predicted octanol–water partition coefficient (Wildman–Crippen LogP) is 6.37. The van der Waals surface area contributed by atoms with E-state index in [1.807, 2.05) is 48.5 Å². The molecule has 1 aromatic heterocycles. The van der Waals surface area contributed by atoms with Crippen molar-refractivity contribution in [3.05, 3.63) is 82.8 Å². The SMILES string of the molecule is CCc1ccc(Nc2nc(-c3ccccc3)nc3ccc(Br)cc23)cc1. The highest BCUT2D eigenvalue weighted by molar-refractivity contribution is 9.10. The number of aromatic nitrogens is 2. The lowest BCUT2D eigenvalue weighted by molar-refractivity contribution is 1.14. The van der Waals surface area contributed by atoms with Crippen molar-refractivity contribution in [1.82, 2.24) is 9.97 Å². The zero-order valence-electron chi connectivity index (χ0n) is 14.4. The highest BCUT2D eigenvalue weighted by Crippen LogP contribution is 2.29. The Hall–Kier alpha value is -2.72. The van der Waals surface area contributed by atoms with Crippen LogP contribution in [0.1, 0.15) is 12.5 Å². The first kappa shape index (κ1) is 16.7. The van der Waals surface area contributed by atoms with Crippen molar-refractivity contribution >= 4 is 38.3 Å². The van der Waals surface area contributed by atoms with Gasteiger partial charge in [0.05, 0.1) is 5.52 Å². The summed E-state index contributed by atoms with van der Waals surface area (Å²) in [6.07, 6.45) is 1.03. The zero-order valence-corrected chi connectivity index (χ0v) is 16.0. The van der Waals surface area contributed by atoms with Gasteiger partial charge in [0, 0.05) is 21.1 Å². The molecule has 0 aliphatic rings. The number of fused-ring (bicyclic) bond motifs is 1. The average Bonchev–Trinajstić information content (AvgIpc) is 2.69. The summed E-state index contributed by atoms with van der Waals surface area (Å²) >= 11 is 3.55. The van der Waals surface area contributed by atoms with Crippen LogP contribution in [0.2, 0.25) is 0 Å². The molecule has 0 unspecified atom stereocenters. The van der Waals surface area contributed by atoms with Crippen LogP contribution in [-0.4, -0.2) is 9.97 Å². The van der Waals surface area contributed by atoms with Gasteiger partial charge >= 0.3 is 0 Å². The number of halogens is 1. The lowest BCUT2D eigenvalue weighted by Gasteiger charge is -2.12. The number of nitrogens with one attached hydrogen (secondary N) is 1. The number of hydrogen-bond acceptors (Lipinski definition) is 3. The largest absolute Gasteiger partial charge is 0.340 e. The van der Waals surface area contributed by atoms with E-state index in [4.69, 9.17) is 9.97 Å². The molecule has 4 heteroatoms. The van der Waals surface area contributed by atoms with Gasteiger partial charge in [-0.05, 0) is 42.3 Å². The Morgan fingerprint density at radius 2 is 1.65 bits per heavy atom.